The first-order valence-electron chi connectivity index (χ1n) is 15.0. The fourth-order valence-electron chi connectivity index (χ4n) is 5.81. The Balaban J connectivity index is 1.31. The van der Waals surface area contributed by atoms with Crippen molar-refractivity contribution in [2.75, 3.05) is 6.54 Å². The van der Waals surface area contributed by atoms with E-state index in [9.17, 15) is 29.4 Å². The molecule has 1 aliphatic rings. The number of nitrogens with zero attached hydrogens (tertiary/aromatic N) is 1. The van der Waals surface area contributed by atoms with Gasteiger partial charge in [0.05, 0.1) is 6.04 Å². The molecule has 3 amide bonds. The molecular formula is C34H37N5O6. The van der Waals surface area contributed by atoms with Crippen LogP contribution in [0.5, 0.6) is 5.75 Å². The van der Waals surface area contributed by atoms with Gasteiger partial charge in [0.1, 0.15) is 23.9 Å². The summed E-state index contributed by atoms with van der Waals surface area (Å²) < 4.78 is 0. The zero-order valence-corrected chi connectivity index (χ0v) is 24.7. The van der Waals surface area contributed by atoms with Gasteiger partial charge in [-0.15, -0.1) is 0 Å². The lowest BCUT2D eigenvalue weighted by Gasteiger charge is -2.29. The summed E-state index contributed by atoms with van der Waals surface area (Å²) in [6.07, 6.45) is 3.10. The second-order valence-electron chi connectivity index (χ2n) is 11.4. The molecule has 4 atom stereocenters. The van der Waals surface area contributed by atoms with Gasteiger partial charge in [0.2, 0.25) is 17.7 Å². The second kappa shape index (κ2) is 14.1. The maximum absolute atomic E-state index is 13.7. The van der Waals surface area contributed by atoms with Crippen LogP contribution in [0.15, 0.2) is 85.1 Å². The number of carboxylic acid groups (broad SMARTS) is 1. The molecule has 5 rings (SSSR count). The van der Waals surface area contributed by atoms with Crippen LogP contribution in [-0.4, -0.2) is 74.5 Å². The van der Waals surface area contributed by atoms with Crippen LogP contribution in [0.1, 0.15) is 29.5 Å². The van der Waals surface area contributed by atoms with Crippen molar-refractivity contribution in [1.82, 2.24) is 20.5 Å². The van der Waals surface area contributed by atoms with Gasteiger partial charge in [-0.3, -0.25) is 14.4 Å². The third kappa shape index (κ3) is 7.68. The van der Waals surface area contributed by atoms with Crippen molar-refractivity contribution in [2.45, 2.75) is 56.3 Å². The number of hydrogen-bond acceptors (Lipinski definition) is 6. The monoisotopic (exact) mass is 611 g/mol. The molecule has 0 radical (unpaired) electrons. The summed E-state index contributed by atoms with van der Waals surface area (Å²) in [5.41, 5.74) is 9.38. The summed E-state index contributed by atoms with van der Waals surface area (Å²) in [5.74, 6) is -2.72. The van der Waals surface area contributed by atoms with Gasteiger partial charge in [0.15, 0.2) is 0 Å². The smallest absolute Gasteiger partial charge is 0.326 e. The van der Waals surface area contributed by atoms with Crippen molar-refractivity contribution in [3.8, 4) is 5.75 Å². The number of fused-ring (bicyclic) bond motifs is 1. The molecule has 3 aromatic carbocycles. The van der Waals surface area contributed by atoms with E-state index in [-0.39, 0.29) is 24.5 Å². The van der Waals surface area contributed by atoms with E-state index in [0.29, 0.717) is 31.4 Å². The van der Waals surface area contributed by atoms with Gasteiger partial charge >= 0.3 is 5.97 Å². The van der Waals surface area contributed by atoms with Crippen LogP contribution in [0.4, 0.5) is 0 Å². The number of aliphatic carboxylic acids is 1. The Labute approximate surface area is 260 Å². The van der Waals surface area contributed by atoms with Gasteiger partial charge in [-0.2, -0.15) is 0 Å². The Hall–Kier alpha value is -5.16. The number of carboxylic acids is 1. The average Bonchev–Trinajstić information content (AvgIpc) is 3.69. The first-order valence-corrected chi connectivity index (χ1v) is 15.0. The second-order valence-corrected chi connectivity index (χ2v) is 11.4. The normalized spacial score (nSPS) is 16.6. The summed E-state index contributed by atoms with van der Waals surface area (Å²) in [7, 11) is 0. The number of aromatic hydroxyl groups is 1. The predicted octanol–water partition coefficient (Wildman–Crippen LogP) is 2.27. The van der Waals surface area contributed by atoms with E-state index in [4.69, 9.17) is 5.73 Å². The van der Waals surface area contributed by atoms with Crippen molar-refractivity contribution in [3.05, 3.63) is 102 Å². The van der Waals surface area contributed by atoms with Crippen LogP contribution in [0, 0.1) is 0 Å². The van der Waals surface area contributed by atoms with Gasteiger partial charge in [-0.05, 0) is 54.2 Å². The number of carbonyl (C=O) groups excluding carboxylic acids is 3. The topological polar surface area (TPSA) is 178 Å². The molecule has 0 bridgehead atoms. The highest BCUT2D eigenvalue weighted by Gasteiger charge is 2.38. The van der Waals surface area contributed by atoms with Crippen LogP contribution in [0.3, 0.4) is 0 Å². The number of amides is 3. The fourth-order valence-corrected chi connectivity index (χ4v) is 5.81. The van der Waals surface area contributed by atoms with Gasteiger partial charge in [0.25, 0.3) is 0 Å². The van der Waals surface area contributed by atoms with Gasteiger partial charge < -0.3 is 36.5 Å². The van der Waals surface area contributed by atoms with Crippen LogP contribution < -0.4 is 16.4 Å². The molecule has 0 spiro atoms. The van der Waals surface area contributed by atoms with Crippen LogP contribution in [0.25, 0.3) is 10.9 Å². The summed E-state index contributed by atoms with van der Waals surface area (Å²) >= 11 is 0. The Morgan fingerprint density at radius 2 is 1.56 bits per heavy atom. The zero-order chi connectivity index (χ0) is 31.9. The van der Waals surface area contributed by atoms with E-state index >= 15 is 0 Å². The van der Waals surface area contributed by atoms with Gasteiger partial charge in [-0.25, -0.2) is 4.79 Å². The van der Waals surface area contributed by atoms with Gasteiger partial charge in [-0.1, -0.05) is 60.7 Å². The molecular weight excluding hydrogens is 574 g/mol. The number of phenols is 1. The minimum Gasteiger partial charge on any atom is -0.508 e. The number of phenolic OH excluding ortho intramolecular Hbond substituents is 1. The Morgan fingerprint density at radius 3 is 2.29 bits per heavy atom. The molecule has 45 heavy (non-hydrogen) atoms. The number of carbonyl (C=O) groups is 4. The molecule has 1 fully saturated rings. The van der Waals surface area contributed by atoms with E-state index in [0.717, 1.165) is 22.0 Å². The highest BCUT2D eigenvalue weighted by Crippen LogP contribution is 2.21. The molecule has 4 aromatic rings. The first kappa shape index (κ1) is 31.3. The predicted molar refractivity (Wildman–Crippen MR) is 168 cm³/mol. The number of H-pyrrole nitrogens is 1. The fraction of sp³-hybridized carbons (Fsp3) is 0.294. The summed E-state index contributed by atoms with van der Waals surface area (Å²) in [5, 5.41) is 26.0. The van der Waals surface area contributed by atoms with E-state index < -0.39 is 42.0 Å². The average molecular weight is 612 g/mol. The number of benzene rings is 3. The van der Waals surface area contributed by atoms with Crippen molar-refractivity contribution >= 4 is 34.6 Å². The number of rotatable bonds is 12. The molecule has 11 nitrogen and oxygen atoms in total. The third-order valence-corrected chi connectivity index (χ3v) is 8.18. The third-order valence-electron chi connectivity index (χ3n) is 8.18. The SMILES string of the molecule is NC(Cc1ccccc1)C(=O)N1CCCC1C(=O)NC(Cc1ccc(O)cc1)C(=O)NC(Cc1c[nH]c2ccccc12)C(=O)O. The minimum atomic E-state index is -1.27. The molecule has 1 aliphatic heterocycles. The van der Waals surface area contributed by atoms with E-state index in [1.807, 2.05) is 54.6 Å². The summed E-state index contributed by atoms with van der Waals surface area (Å²) in [6.45, 7) is 0.361. The lowest BCUT2D eigenvalue weighted by Crippen LogP contribution is -2.57. The number of aromatic amines is 1. The Kier molecular flexibility index (Phi) is 9.79. The van der Waals surface area contributed by atoms with Crippen LogP contribution in [0.2, 0.25) is 0 Å². The molecule has 0 aliphatic carbocycles. The molecule has 4 unspecified atom stereocenters. The number of likely N-dealkylation sites (tertiary alicyclic amines) is 1. The highest BCUT2D eigenvalue weighted by molar-refractivity contribution is 5.95. The standard InChI is InChI=1S/C34H37N5O6/c35-26(17-21-7-2-1-3-8-21)33(43)39-16-6-11-30(39)32(42)37-28(18-22-12-14-24(40)15-13-22)31(41)38-29(34(44)45)19-23-20-36-27-10-5-4-9-25(23)27/h1-5,7-10,12-15,20,26,28-30,36,40H,6,11,16-19,35H2,(H,37,42)(H,38,41)(H,44,45). The lowest BCUT2D eigenvalue weighted by molar-refractivity contribution is -0.143. The largest absolute Gasteiger partial charge is 0.508 e. The van der Waals surface area contributed by atoms with Crippen LogP contribution >= 0.6 is 0 Å². The molecule has 2 heterocycles. The Morgan fingerprint density at radius 1 is 0.867 bits per heavy atom. The van der Waals surface area contributed by atoms with Crippen LogP contribution in [-0.2, 0) is 38.4 Å². The van der Waals surface area contributed by atoms with Crippen molar-refractivity contribution in [2.24, 2.45) is 5.73 Å². The minimum absolute atomic E-state index is 0.0230. The summed E-state index contributed by atoms with van der Waals surface area (Å²) in [4.78, 5) is 57.5. The molecule has 7 N–H and O–H groups in total. The number of para-hydroxylation sites is 1. The van der Waals surface area contributed by atoms with Crippen molar-refractivity contribution < 1.29 is 29.4 Å². The van der Waals surface area contributed by atoms with Crippen molar-refractivity contribution in [3.63, 3.8) is 0 Å². The quantitative estimate of drug-likeness (QED) is 0.142. The number of nitrogens with two attached hydrogens (primary N) is 1. The highest BCUT2D eigenvalue weighted by atomic mass is 16.4. The summed E-state index contributed by atoms with van der Waals surface area (Å²) in [6, 6.07) is 19.0. The maximum atomic E-state index is 13.7. The van der Waals surface area contributed by atoms with E-state index in [1.54, 1.807) is 18.3 Å². The first-order chi connectivity index (χ1) is 21.7. The van der Waals surface area contributed by atoms with Gasteiger partial charge in [0, 0.05) is 36.5 Å². The molecule has 1 saturated heterocycles. The Bertz CT molecular complexity index is 1650. The van der Waals surface area contributed by atoms with E-state index in [1.165, 1.54) is 17.0 Å². The van der Waals surface area contributed by atoms with E-state index in [2.05, 4.69) is 15.6 Å². The number of aromatic nitrogens is 1. The maximum Gasteiger partial charge on any atom is 0.326 e. The molecule has 11 heteroatoms. The van der Waals surface area contributed by atoms with Crippen molar-refractivity contribution in [1.29, 1.82) is 0 Å². The molecule has 234 valence electrons. The molecule has 1 aromatic heterocycles. The zero-order valence-electron chi connectivity index (χ0n) is 24.7. The number of nitrogens with one attached hydrogen (secondary N) is 3. The lowest BCUT2D eigenvalue weighted by atomic mass is 10.0. The molecule has 0 saturated carbocycles. The number of hydrogen-bond donors (Lipinski definition) is 6.